The lowest BCUT2D eigenvalue weighted by atomic mass is 10.4. The Bertz CT molecular complexity index is 786. The van der Waals surface area contributed by atoms with Gasteiger partial charge in [-0.25, -0.2) is 9.67 Å². The molecule has 0 spiro atoms. The van der Waals surface area contributed by atoms with E-state index in [4.69, 9.17) is 0 Å². The monoisotopic (exact) mass is 330 g/mol. The highest BCUT2D eigenvalue weighted by atomic mass is 32.1. The molecule has 0 aliphatic rings. The summed E-state index contributed by atoms with van der Waals surface area (Å²) in [6.45, 7) is 2.58. The standard InChI is InChI=1S/C15H14N4OS2/c1-11-17-12(10-22-11)4-5-15(20)18-14-6-7-16-19(14)9-13-3-2-8-21-13/h2-8,10H,9H2,1H3,(H,18,20)/b5-4+. The maximum absolute atomic E-state index is 12.0. The van der Waals surface area contributed by atoms with Crippen molar-refractivity contribution in [3.05, 3.63) is 56.8 Å². The van der Waals surface area contributed by atoms with Gasteiger partial charge < -0.3 is 5.32 Å². The van der Waals surface area contributed by atoms with Crippen LogP contribution in [0.5, 0.6) is 0 Å². The van der Waals surface area contributed by atoms with Crippen molar-refractivity contribution in [2.24, 2.45) is 0 Å². The smallest absolute Gasteiger partial charge is 0.249 e. The van der Waals surface area contributed by atoms with E-state index in [0.29, 0.717) is 12.4 Å². The zero-order valence-corrected chi connectivity index (χ0v) is 13.5. The quantitative estimate of drug-likeness (QED) is 0.729. The summed E-state index contributed by atoms with van der Waals surface area (Å²) in [5.41, 5.74) is 0.796. The van der Waals surface area contributed by atoms with Gasteiger partial charge in [-0.05, 0) is 24.4 Å². The summed E-state index contributed by atoms with van der Waals surface area (Å²) in [7, 11) is 0. The molecular formula is C15H14N4OS2. The van der Waals surface area contributed by atoms with Crippen molar-refractivity contribution in [2.75, 3.05) is 5.32 Å². The minimum atomic E-state index is -0.196. The normalized spacial score (nSPS) is 11.1. The zero-order chi connectivity index (χ0) is 15.4. The number of hydrogen-bond acceptors (Lipinski definition) is 5. The van der Waals surface area contributed by atoms with Crippen molar-refractivity contribution in [2.45, 2.75) is 13.5 Å². The molecule has 3 rings (SSSR count). The average molecular weight is 330 g/mol. The number of rotatable bonds is 5. The number of nitrogens with zero attached hydrogens (tertiary/aromatic N) is 3. The zero-order valence-electron chi connectivity index (χ0n) is 11.9. The molecule has 0 atom stereocenters. The van der Waals surface area contributed by atoms with Crippen LogP contribution >= 0.6 is 22.7 Å². The Morgan fingerprint density at radius 2 is 2.32 bits per heavy atom. The fourth-order valence-electron chi connectivity index (χ4n) is 1.90. The summed E-state index contributed by atoms with van der Waals surface area (Å²) in [5.74, 6) is 0.482. The number of thiazole rings is 1. The van der Waals surface area contributed by atoms with Crippen LogP contribution in [0.2, 0.25) is 0 Å². The first kappa shape index (κ1) is 14.7. The molecule has 0 bridgehead atoms. The average Bonchev–Trinajstić information content (AvgIpc) is 3.22. The van der Waals surface area contributed by atoms with Crippen molar-refractivity contribution in [1.82, 2.24) is 14.8 Å². The Kier molecular flexibility index (Phi) is 4.45. The van der Waals surface area contributed by atoms with Crippen molar-refractivity contribution in [1.29, 1.82) is 0 Å². The topological polar surface area (TPSA) is 59.8 Å². The molecule has 22 heavy (non-hydrogen) atoms. The third-order valence-electron chi connectivity index (χ3n) is 2.90. The number of aryl methyl sites for hydroxylation is 1. The molecule has 5 nitrogen and oxygen atoms in total. The Balaban J connectivity index is 1.64. The lowest BCUT2D eigenvalue weighted by Crippen LogP contribution is -2.13. The SMILES string of the molecule is Cc1nc(/C=C/C(=O)Nc2ccnn2Cc2cccs2)cs1. The molecule has 3 aromatic heterocycles. The number of hydrogen-bond donors (Lipinski definition) is 1. The van der Waals surface area contributed by atoms with E-state index in [1.165, 1.54) is 11.0 Å². The molecule has 1 N–H and O–H groups in total. The number of nitrogens with one attached hydrogen (secondary N) is 1. The summed E-state index contributed by atoms with van der Waals surface area (Å²) in [6.07, 6.45) is 4.87. The summed E-state index contributed by atoms with van der Waals surface area (Å²) >= 11 is 3.22. The molecule has 0 aromatic carbocycles. The van der Waals surface area contributed by atoms with Crippen molar-refractivity contribution in [3.63, 3.8) is 0 Å². The molecule has 0 unspecified atom stereocenters. The maximum Gasteiger partial charge on any atom is 0.249 e. The molecule has 3 heterocycles. The van der Waals surface area contributed by atoms with E-state index in [-0.39, 0.29) is 5.91 Å². The lowest BCUT2D eigenvalue weighted by Gasteiger charge is -2.06. The van der Waals surface area contributed by atoms with E-state index < -0.39 is 0 Å². The van der Waals surface area contributed by atoms with E-state index in [1.54, 1.807) is 45.7 Å². The molecule has 112 valence electrons. The van der Waals surface area contributed by atoms with Gasteiger partial charge in [0.15, 0.2) is 0 Å². The lowest BCUT2D eigenvalue weighted by molar-refractivity contribution is -0.111. The molecule has 3 aromatic rings. The van der Waals surface area contributed by atoms with Crippen molar-refractivity contribution in [3.8, 4) is 0 Å². The van der Waals surface area contributed by atoms with E-state index in [1.807, 2.05) is 29.8 Å². The number of anilines is 1. The van der Waals surface area contributed by atoms with Gasteiger partial charge in [0.05, 0.1) is 23.4 Å². The van der Waals surface area contributed by atoms with Gasteiger partial charge in [0, 0.05) is 22.4 Å². The van der Waals surface area contributed by atoms with Crippen LogP contribution in [-0.2, 0) is 11.3 Å². The predicted molar refractivity (Wildman–Crippen MR) is 90.2 cm³/mol. The van der Waals surface area contributed by atoms with Gasteiger partial charge in [0.2, 0.25) is 5.91 Å². The third-order valence-corrected chi connectivity index (χ3v) is 4.55. The van der Waals surface area contributed by atoms with Crippen LogP contribution in [0.3, 0.4) is 0 Å². The van der Waals surface area contributed by atoms with Crippen LogP contribution < -0.4 is 5.32 Å². The Morgan fingerprint density at radius 3 is 3.05 bits per heavy atom. The van der Waals surface area contributed by atoms with Crippen LogP contribution in [0.4, 0.5) is 5.82 Å². The summed E-state index contributed by atoms with van der Waals surface area (Å²) in [4.78, 5) is 17.5. The van der Waals surface area contributed by atoms with Crippen molar-refractivity contribution < 1.29 is 4.79 Å². The minimum absolute atomic E-state index is 0.196. The van der Waals surface area contributed by atoms with E-state index >= 15 is 0 Å². The highest BCUT2D eigenvalue weighted by Gasteiger charge is 2.06. The summed E-state index contributed by atoms with van der Waals surface area (Å²) < 4.78 is 1.77. The molecule has 0 saturated carbocycles. The molecule has 7 heteroatoms. The summed E-state index contributed by atoms with van der Waals surface area (Å²) in [5, 5.41) is 12.0. The number of aromatic nitrogens is 3. The molecule has 0 saturated heterocycles. The molecular weight excluding hydrogens is 316 g/mol. The van der Waals surface area contributed by atoms with Crippen LogP contribution in [-0.4, -0.2) is 20.7 Å². The molecule has 1 amide bonds. The maximum atomic E-state index is 12.0. The van der Waals surface area contributed by atoms with E-state index in [0.717, 1.165) is 10.7 Å². The highest BCUT2D eigenvalue weighted by molar-refractivity contribution is 7.10. The second kappa shape index (κ2) is 6.67. The van der Waals surface area contributed by atoms with Gasteiger partial charge in [-0.2, -0.15) is 5.10 Å². The highest BCUT2D eigenvalue weighted by Crippen LogP contribution is 2.14. The largest absolute Gasteiger partial charge is 0.307 e. The van der Waals surface area contributed by atoms with Crippen molar-refractivity contribution >= 4 is 40.5 Å². The number of carbonyl (C=O) groups excluding carboxylic acids is 1. The molecule has 0 fully saturated rings. The first-order valence-corrected chi connectivity index (χ1v) is 8.42. The third kappa shape index (κ3) is 3.69. The second-order valence-corrected chi connectivity index (χ2v) is 6.66. The Morgan fingerprint density at radius 1 is 1.41 bits per heavy atom. The first-order valence-electron chi connectivity index (χ1n) is 6.66. The van der Waals surface area contributed by atoms with Crippen LogP contribution in [0, 0.1) is 6.92 Å². The fraction of sp³-hybridized carbons (Fsp3) is 0.133. The van der Waals surface area contributed by atoms with Gasteiger partial charge in [-0.3, -0.25) is 4.79 Å². The van der Waals surface area contributed by atoms with Gasteiger partial charge in [-0.15, -0.1) is 22.7 Å². The van der Waals surface area contributed by atoms with Gasteiger partial charge >= 0.3 is 0 Å². The fourth-order valence-corrected chi connectivity index (χ4v) is 3.17. The van der Waals surface area contributed by atoms with Crippen LogP contribution in [0.25, 0.3) is 6.08 Å². The first-order chi connectivity index (χ1) is 10.7. The van der Waals surface area contributed by atoms with Gasteiger partial charge in [0.1, 0.15) is 5.82 Å². The summed E-state index contributed by atoms with van der Waals surface area (Å²) in [6, 6.07) is 5.83. The Labute approximate surface area is 135 Å². The van der Waals surface area contributed by atoms with Gasteiger partial charge in [0.25, 0.3) is 0 Å². The number of carbonyl (C=O) groups is 1. The van der Waals surface area contributed by atoms with E-state index in [9.17, 15) is 4.79 Å². The van der Waals surface area contributed by atoms with Crippen LogP contribution in [0.1, 0.15) is 15.6 Å². The molecule has 0 radical (unpaired) electrons. The number of amides is 1. The molecule has 0 aliphatic heterocycles. The minimum Gasteiger partial charge on any atom is -0.307 e. The van der Waals surface area contributed by atoms with E-state index in [2.05, 4.69) is 15.4 Å². The number of thiophene rings is 1. The molecule has 0 aliphatic carbocycles. The second-order valence-electron chi connectivity index (χ2n) is 4.57. The van der Waals surface area contributed by atoms with Crippen LogP contribution in [0.15, 0.2) is 41.2 Å². The predicted octanol–water partition coefficient (Wildman–Crippen LogP) is 3.41. The van der Waals surface area contributed by atoms with Gasteiger partial charge in [-0.1, -0.05) is 6.07 Å². The Hall–Kier alpha value is -2.25.